The summed E-state index contributed by atoms with van der Waals surface area (Å²) in [4.78, 5) is 13.2. The Morgan fingerprint density at radius 1 is 1.03 bits per heavy atom. The first kappa shape index (κ1) is 27.7. The molecule has 0 fully saturated rings. The van der Waals surface area contributed by atoms with Crippen molar-refractivity contribution in [3.05, 3.63) is 52.5 Å². The van der Waals surface area contributed by atoms with Crippen LogP contribution in [0.1, 0.15) is 35.7 Å². The Morgan fingerprint density at radius 3 is 2.53 bits per heavy atom. The standard InChI is InChI=1S/C26H33ClN2O7/c1-3-35-25-17-19(6-9-24(25)32-2)23-5-4-10-29(28-23)26(31)21-8-7-20(18-22(21)27)36-16-15-34-14-13-33-12-11-30/h6-9,17-18,30H,3-5,10-16H2,1-2H3. The summed E-state index contributed by atoms with van der Waals surface area (Å²) in [5.74, 6) is 1.56. The van der Waals surface area contributed by atoms with Crippen LogP contribution in [0.15, 0.2) is 41.5 Å². The fourth-order valence-corrected chi connectivity index (χ4v) is 3.87. The summed E-state index contributed by atoms with van der Waals surface area (Å²) in [6, 6.07) is 10.6. The van der Waals surface area contributed by atoms with E-state index in [-0.39, 0.29) is 12.5 Å². The van der Waals surface area contributed by atoms with E-state index in [2.05, 4.69) is 5.10 Å². The van der Waals surface area contributed by atoms with Crippen LogP contribution >= 0.6 is 11.6 Å². The molecule has 1 heterocycles. The Hall–Kier alpha value is -2.85. The number of benzene rings is 2. The van der Waals surface area contributed by atoms with E-state index < -0.39 is 0 Å². The van der Waals surface area contributed by atoms with Crippen molar-refractivity contribution in [3.8, 4) is 17.2 Å². The van der Waals surface area contributed by atoms with E-state index in [4.69, 9.17) is 40.4 Å². The van der Waals surface area contributed by atoms with Crippen molar-refractivity contribution in [2.24, 2.45) is 5.10 Å². The van der Waals surface area contributed by atoms with Crippen molar-refractivity contribution in [1.82, 2.24) is 5.01 Å². The molecule has 0 bridgehead atoms. The Morgan fingerprint density at radius 2 is 1.81 bits per heavy atom. The number of carbonyl (C=O) groups is 1. The molecule has 1 aliphatic heterocycles. The summed E-state index contributed by atoms with van der Waals surface area (Å²) in [5, 5.41) is 15.0. The minimum Gasteiger partial charge on any atom is -0.493 e. The molecule has 3 rings (SSSR count). The molecule has 0 aliphatic carbocycles. The molecule has 0 spiro atoms. The Labute approximate surface area is 216 Å². The monoisotopic (exact) mass is 520 g/mol. The zero-order valence-electron chi connectivity index (χ0n) is 20.7. The van der Waals surface area contributed by atoms with Crippen LogP contribution in [0, 0.1) is 0 Å². The van der Waals surface area contributed by atoms with Gasteiger partial charge < -0.3 is 28.8 Å². The normalized spacial score (nSPS) is 13.3. The molecule has 0 radical (unpaired) electrons. The number of halogens is 1. The molecule has 2 aromatic carbocycles. The van der Waals surface area contributed by atoms with Crippen molar-refractivity contribution in [2.75, 3.05) is 59.9 Å². The van der Waals surface area contributed by atoms with Crippen LogP contribution in [0.25, 0.3) is 0 Å². The molecular formula is C26H33ClN2O7. The molecule has 0 saturated heterocycles. The number of aliphatic hydroxyl groups is 1. The van der Waals surface area contributed by atoms with Crippen molar-refractivity contribution in [2.45, 2.75) is 19.8 Å². The number of methoxy groups -OCH3 is 1. The van der Waals surface area contributed by atoms with Crippen LogP contribution in [-0.4, -0.2) is 81.6 Å². The number of aliphatic hydroxyl groups excluding tert-OH is 1. The predicted molar refractivity (Wildman–Crippen MR) is 137 cm³/mol. The fourth-order valence-electron chi connectivity index (χ4n) is 3.62. The lowest BCUT2D eigenvalue weighted by Gasteiger charge is -2.24. The van der Waals surface area contributed by atoms with Crippen LogP contribution in [0.3, 0.4) is 0 Å². The fraction of sp³-hybridized carbons (Fsp3) is 0.462. The molecule has 1 aliphatic rings. The van der Waals surface area contributed by atoms with Gasteiger partial charge >= 0.3 is 0 Å². The SMILES string of the molecule is CCOc1cc(C2=NN(C(=O)c3ccc(OCCOCCOCCO)cc3Cl)CCC2)ccc1OC. The quantitative estimate of drug-likeness (QED) is 0.378. The van der Waals surface area contributed by atoms with Gasteiger partial charge in [0.2, 0.25) is 0 Å². The molecule has 9 nitrogen and oxygen atoms in total. The number of amides is 1. The molecule has 1 amide bonds. The lowest BCUT2D eigenvalue weighted by molar-refractivity contribution is 0.0247. The van der Waals surface area contributed by atoms with E-state index in [9.17, 15) is 4.79 Å². The van der Waals surface area contributed by atoms with E-state index >= 15 is 0 Å². The first-order valence-electron chi connectivity index (χ1n) is 12.0. The predicted octanol–water partition coefficient (Wildman–Crippen LogP) is 3.79. The molecule has 0 unspecified atom stereocenters. The lowest BCUT2D eigenvalue weighted by Crippen LogP contribution is -2.32. The average Bonchev–Trinajstić information content (AvgIpc) is 2.90. The second-order valence-corrected chi connectivity index (χ2v) is 8.22. The highest BCUT2D eigenvalue weighted by atomic mass is 35.5. The van der Waals surface area contributed by atoms with E-state index in [1.54, 1.807) is 25.3 Å². The number of carbonyl (C=O) groups excluding carboxylic acids is 1. The Kier molecular flexibility index (Phi) is 11.3. The van der Waals surface area contributed by atoms with E-state index in [0.29, 0.717) is 74.0 Å². The largest absolute Gasteiger partial charge is 0.493 e. The van der Waals surface area contributed by atoms with Gasteiger partial charge in [-0.25, -0.2) is 5.01 Å². The van der Waals surface area contributed by atoms with E-state index in [1.807, 2.05) is 25.1 Å². The Balaban J connectivity index is 1.60. The van der Waals surface area contributed by atoms with Crippen molar-refractivity contribution >= 4 is 23.2 Å². The summed E-state index contributed by atoms with van der Waals surface area (Å²) >= 11 is 6.42. The van der Waals surface area contributed by atoms with Gasteiger partial charge in [0.25, 0.3) is 5.91 Å². The van der Waals surface area contributed by atoms with Crippen LogP contribution in [-0.2, 0) is 9.47 Å². The van der Waals surface area contributed by atoms with Gasteiger partial charge in [-0.3, -0.25) is 4.79 Å². The molecule has 2 aromatic rings. The summed E-state index contributed by atoms with van der Waals surface area (Å²) in [5.41, 5.74) is 2.04. The maximum Gasteiger partial charge on any atom is 0.275 e. The highest BCUT2D eigenvalue weighted by Gasteiger charge is 2.23. The third-order valence-electron chi connectivity index (χ3n) is 5.33. The zero-order chi connectivity index (χ0) is 25.8. The van der Waals surface area contributed by atoms with Gasteiger partial charge in [-0.1, -0.05) is 11.6 Å². The molecule has 0 saturated carbocycles. The zero-order valence-corrected chi connectivity index (χ0v) is 21.5. The highest BCUT2D eigenvalue weighted by Crippen LogP contribution is 2.30. The first-order chi connectivity index (χ1) is 17.6. The number of nitrogens with zero attached hydrogens (tertiary/aromatic N) is 2. The number of rotatable bonds is 14. The summed E-state index contributed by atoms with van der Waals surface area (Å²) in [7, 11) is 1.60. The van der Waals surface area contributed by atoms with Crippen molar-refractivity contribution in [3.63, 3.8) is 0 Å². The maximum atomic E-state index is 13.2. The molecule has 36 heavy (non-hydrogen) atoms. The van der Waals surface area contributed by atoms with Gasteiger partial charge in [0.1, 0.15) is 12.4 Å². The van der Waals surface area contributed by atoms with Gasteiger partial charge in [-0.2, -0.15) is 5.10 Å². The van der Waals surface area contributed by atoms with Gasteiger partial charge in [0.15, 0.2) is 11.5 Å². The van der Waals surface area contributed by atoms with Crippen LogP contribution in [0.4, 0.5) is 0 Å². The van der Waals surface area contributed by atoms with E-state index in [0.717, 1.165) is 24.1 Å². The Bertz CT molecular complexity index is 1030. The van der Waals surface area contributed by atoms with Crippen LogP contribution < -0.4 is 14.2 Å². The smallest absolute Gasteiger partial charge is 0.275 e. The van der Waals surface area contributed by atoms with Crippen molar-refractivity contribution < 1.29 is 33.6 Å². The third kappa shape index (κ3) is 7.83. The first-order valence-corrected chi connectivity index (χ1v) is 12.3. The second kappa shape index (κ2) is 14.6. The van der Waals surface area contributed by atoms with Gasteiger partial charge in [-0.05, 0) is 56.2 Å². The molecule has 0 atom stereocenters. The maximum absolute atomic E-state index is 13.2. The summed E-state index contributed by atoms with van der Waals surface area (Å²) in [6.07, 6.45) is 1.53. The van der Waals surface area contributed by atoms with Crippen molar-refractivity contribution in [1.29, 1.82) is 0 Å². The van der Waals surface area contributed by atoms with E-state index in [1.165, 1.54) is 5.01 Å². The van der Waals surface area contributed by atoms with Crippen LogP contribution in [0.2, 0.25) is 5.02 Å². The minimum absolute atomic E-state index is 0.00831. The summed E-state index contributed by atoms with van der Waals surface area (Å²) < 4.78 is 27.2. The molecular weight excluding hydrogens is 488 g/mol. The number of ether oxygens (including phenoxy) is 5. The van der Waals surface area contributed by atoms with Gasteiger partial charge in [-0.15, -0.1) is 0 Å². The summed E-state index contributed by atoms with van der Waals surface area (Å²) in [6.45, 7) is 4.76. The topological polar surface area (TPSA) is 99.1 Å². The van der Waals surface area contributed by atoms with Gasteiger partial charge in [0.05, 0.1) is 63.0 Å². The second-order valence-electron chi connectivity index (χ2n) is 7.82. The number of hydrazone groups is 1. The third-order valence-corrected chi connectivity index (χ3v) is 5.64. The van der Waals surface area contributed by atoms with Crippen LogP contribution in [0.5, 0.6) is 17.2 Å². The minimum atomic E-state index is -0.270. The molecule has 196 valence electrons. The molecule has 0 aromatic heterocycles. The van der Waals surface area contributed by atoms with Gasteiger partial charge in [0, 0.05) is 12.1 Å². The number of hydrogen-bond donors (Lipinski definition) is 1. The number of hydrogen-bond acceptors (Lipinski definition) is 8. The molecule has 1 N–H and O–H groups in total. The lowest BCUT2D eigenvalue weighted by atomic mass is 10.0. The highest BCUT2D eigenvalue weighted by molar-refractivity contribution is 6.34. The molecule has 10 heteroatoms. The average molecular weight is 521 g/mol.